The van der Waals surface area contributed by atoms with Gasteiger partial charge in [0.1, 0.15) is 0 Å². The Morgan fingerprint density at radius 1 is 0.920 bits per heavy atom. The van der Waals surface area contributed by atoms with Gasteiger partial charge in [0.15, 0.2) is 0 Å². The van der Waals surface area contributed by atoms with Gasteiger partial charge in [0.05, 0.1) is 11.0 Å². The van der Waals surface area contributed by atoms with E-state index < -0.39 is 0 Å². The Hall–Kier alpha value is -2.40. The van der Waals surface area contributed by atoms with E-state index >= 15 is 0 Å². The van der Waals surface area contributed by atoms with E-state index in [1.165, 1.54) is 43.4 Å². The lowest BCUT2D eigenvalue weighted by molar-refractivity contribution is 0.222. The van der Waals surface area contributed by atoms with Gasteiger partial charge in [0.25, 0.3) is 0 Å². The van der Waals surface area contributed by atoms with Crippen molar-refractivity contribution in [2.24, 2.45) is 0 Å². The summed E-state index contributed by atoms with van der Waals surface area (Å²) in [5.41, 5.74) is 3.47. The Labute approximate surface area is 148 Å². The minimum absolute atomic E-state index is 0.759. The molecule has 3 heterocycles. The van der Waals surface area contributed by atoms with Crippen LogP contribution in [0.4, 0.5) is 5.95 Å². The molecule has 0 aliphatic carbocycles. The highest BCUT2D eigenvalue weighted by Gasteiger charge is 2.13. The molecule has 0 atom stereocenters. The number of hydrogen-bond donors (Lipinski definition) is 1. The summed E-state index contributed by atoms with van der Waals surface area (Å²) in [6.07, 6.45) is 7.70. The molecule has 0 radical (unpaired) electrons. The highest BCUT2D eigenvalue weighted by molar-refractivity contribution is 5.78. The predicted octanol–water partition coefficient (Wildman–Crippen LogP) is 3.53. The van der Waals surface area contributed by atoms with Crippen molar-refractivity contribution in [3.05, 3.63) is 54.4 Å². The topological polar surface area (TPSA) is 46.0 Å². The lowest BCUT2D eigenvalue weighted by Crippen LogP contribution is -2.32. The average Bonchev–Trinajstić information content (AvgIpc) is 3.04. The molecule has 1 N–H and O–H groups in total. The summed E-state index contributed by atoms with van der Waals surface area (Å²) >= 11 is 0. The first kappa shape index (κ1) is 16.1. The highest BCUT2D eigenvalue weighted by atomic mass is 15.2. The van der Waals surface area contributed by atoms with Gasteiger partial charge in [-0.05, 0) is 55.8 Å². The van der Waals surface area contributed by atoms with Crippen LogP contribution in [-0.2, 0) is 13.1 Å². The third kappa shape index (κ3) is 3.82. The predicted molar refractivity (Wildman–Crippen MR) is 102 cm³/mol. The van der Waals surface area contributed by atoms with Crippen molar-refractivity contribution in [3.63, 3.8) is 0 Å². The second-order valence-corrected chi connectivity index (χ2v) is 6.69. The molecule has 0 saturated carbocycles. The molecular weight excluding hydrogens is 310 g/mol. The minimum Gasteiger partial charge on any atom is -0.352 e. The maximum atomic E-state index is 4.81. The number of imidazole rings is 1. The van der Waals surface area contributed by atoms with Crippen molar-refractivity contribution in [2.75, 3.05) is 25.0 Å². The standard InChI is InChI=1S/C20H25N5/c1-4-12-24(13-5-1)14-15-25-19-7-3-2-6-18(19)23-20(25)22-16-17-8-10-21-11-9-17/h2-3,6-11H,1,4-5,12-16H2,(H,22,23). The second-order valence-electron chi connectivity index (χ2n) is 6.69. The Bertz CT molecular complexity index is 805. The summed E-state index contributed by atoms with van der Waals surface area (Å²) in [6, 6.07) is 12.5. The molecule has 2 aromatic heterocycles. The highest BCUT2D eigenvalue weighted by Crippen LogP contribution is 2.20. The molecule has 5 heteroatoms. The fourth-order valence-electron chi connectivity index (χ4n) is 3.54. The van der Waals surface area contributed by atoms with E-state index in [-0.39, 0.29) is 0 Å². The molecular formula is C20H25N5. The van der Waals surface area contributed by atoms with E-state index in [0.717, 1.165) is 31.1 Å². The van der Waals surface area contributed by atoms with Crippen molar-refractivity contribution in [3.8, 4) is 0 Å². The number of para-hydroxylation sites is 2. The van der Waals surface area contributed by atoms with Crippen molar-refractivity contribution in [1.29, 1.82) is 0 Å². The first-order valence-electron chi connectivity index (χ1n) is 9.20. The number of aromatic nitrogens is 3. The minimum atomic E-state index is 0.759. The van der Waals surface area contributed by atoms with Crippen LogP contribution in [0.25, 0.3) is 11.0 Å². The van der Waals surface area contributed by atoms with Crippen LogP contribution >= 0.6 is 0 Å². The van der Waals surface area contributed by atoms with Gasteiger partial charge in [-0.25, -0.2) is 4.98 Å². The van der Waals surface area contributed by atoms with Crippen LogP contribution in [0.2, 0.25) is 0 Å². The Morgan fingerprint density at radius 3 is 2.56 bits per heavy atom. The van der Waals surface area contributed by atoms with Gasteiger partial charge in [-0.3, -0.25) is 4.98 Å². The van der Waals surface area contributed by atoms with E-state index in [2.05, 4.69) is 44.0 Å². The number of benzene rings is 1. The fraction of sp³-hybridized carbons (Fsp3) is 0.400. The smallest absolute Gasteiger partial charge is 0.204 e. The van der Waals surface area contributed by atoms with Crippen LogP contribution in [0.5, 0.6) is 0 Å². The normalized spacial score (nSPS) is 15.5. The van der Waals surface area contributed by atoms with Gasteiger partial charge >= 0.3 is 0 Å². The zero-order chi connectivity index (χ0) is 16.9. The average molecular weight is 335 g/mol. The molecule has 0 bridgehead atoms. The van der Waals surface area contributed by atoms with Crippen LogP contribution in [0, 0.1) is 0 Å². The van der Waals surface area contributed by atoms with Gasteiger partial charge < -0.3 is 14.8 Å². The van der Waals surface area contributed by atoms with Crippen LogP contribution in [-0.4, -0.2) is 39.1 Å². The zero-order valence-corrected chi connectivity index (χ0v) is 14.6. The van der Waals surface area contributed by atoms with Gasteiger partial charge in [-0.15, -0.1) is 0 Å². The van der Waals surface area contributed by atoms with Crippen LogP contribution in [0.15, 0.2) is 48.8 Å². The number of anilines is 1. The molecule has 130 valence electrons. The molecule has 0 amide bonds. The van der Waals surface area contributed by atoms with E-state index in [1.807, 2.05) is 24.5 Å². The number of nitrogens with one attached hydrogen (secondary N) is 1. The van der Waals surface area contributed by atoms with Crippen molar-refractivity contribution < 1.29 is 0 Å². The molecule has 0 unspecified atom stereocenters. The van der Waals surface area contributed by atoms with Crippen LogP contribution in [0.3, 0.4) is 0 Å². The SMILES string of the molecule is c1ccc2c(c1)nc(NCc1ccncc1)n2CCN1CCCCC1. The number of piperidine rings is 1. The first-order valence-corrected chi connectivity index (χ1v) is 9.20. The number of fused-ring (bicyclic) bond motifs is 1. The Kier molecular flexibility index (Phi) is 4.93. The summed E-state index contributed by atoms with van der Waals surface area (Å²) in [6.45, 7) is 5.28. The lowest BCUT2D eigenvalue weighted by Gasteiger charge is -2.26. The van der Waals surface area contributed by atoms with Crippen LogP contribution < -0.4 is 5.32 Å². The zero-order valence-electron chi connectivity index (χ0n) is 14.6. The summed E-state index contributed by atoms with van der Waals surface area (Å²) in [7, 11) is 0. The van der Waals surface area contributed by atoms with E-state index in [4.69, 9.17) is 4.98 Å². The first-order chi connectivity index (χ1) is 12.4. The van der Waals surface area contributed by atoms with E-state index in [9.17, 15) is 0 Å². The molecule has 1 saturated heterocycles. The number of nitrogens with zero attached hydrogens (tertiary/aromatic N) is 4. The quantitative estimate of drug-likeness (QED) is 0.748. The summed E-state index contributed by atoms with van der Waals surface area (Å²) < 4.78 is 2.32. The molecule has 5 nitrogen and oxygen atoms in total. The number of hydrogen-bond acceptors (Lipinski definition) is 4. The third-order valence-electron chi connectivity index (χ3n) is 4.94. The monoisotopic (exact) mass is 335 g/mol. The van der Waals surface area contributed by atoms with Gasteiger partial charge in [-0.1, -0.05) is 18.6 Å². The summed E-state index contributed by atoms with van der Waals surface area (Å²) in [5, 5.41) is 3.51. The molecule has 4 rings (SSSR count). The van der Waals surface area contributed by atoms with E-state index in [0.29, 0.717) is 0 Å². The number of likely N-dealkylation sites (tertiary alicyclic amines) is 1. The molecule has 1 aliphatic heterocycles. The molecule has 25 heavy (non-hydrogen) atoms. The molecule has 3 aromatic rings. The largest absolute Gasteiger partial charge is 0.352 e. The Morgan fingerprint density at radius 2 is 1.72 bits per heavy atom. The second kappa shape index (κ2) is 7.66. The maximum absolute atomic E-state index is 4.81. The third-order valence-corrected chi connectivity index (χ3v) is 4.94. The molecule has 1 aliphatic rings. The molecule has 1 aromatic carbocycles. The van der Waals surface area contributed by atoms with Gasteiger partial charge in [-0.2, -0.15) is 0 Å². The summed E-state index contributed by atoms with van der Waals surface area (Å²) in [5.74, 6) is 0.954. The lowest BCUT2D eigenvalue weighted by atomic mass is 10.1. The van der Waals surface area contributed by atoms with Crippen LogP contribution in [0.1, 0.15) is 24.8 Å². The number of pyridine rings is 1. The Balaban J connectivity index is 1.52. The number of rotatable bonds is 6. The van der Waals surface area contributed by atoms with E-state index in [1.54, 1.807) is 0 Å². The van der Waals surface area contributed by atoms with Crippen molar-refractivity contribution in [1.82, 2.24) is 19.4 Å². The fourth-order valence-corrected chi connectivity index (χ4v) is 3.54. The maximum Gasteiger partial charge on any atom is 0.204 e. The summed E-state index contributed by atoms with van der Waals surface area (Å²) in [4.78, 5) is 11.5. The van der Waals surface area contributed by atoms with Crippen molar-refractivity contribution in [2.45, 2.75) is 32.4 Å². The van der Waals surface area contributed by atoms with Crippen molar-refractivity contribution >= 4 is 17.0 Å². The van der Waals surface area contributed by atoms with Gasteiger partial charge in [0, 0.05) is 32.0 Å². The molecule has 0 spiro atoms. The molecule has 1 fully saturated rings. The van der Waals surface area contributed by atoms with Gasteiger partial charge in [0.2, 0.25) is 5.95 Å².